The lowest BCUT2D eigenvalue weighted by Crippen LogP contribution is -2.31. The van der Waals surface area contributed by atoms with E-state index in [0.717, 1.165) is 40.7 Å². The molecular formula is C21H25N3O3S2. The number of amides is 1. The molecule has 29 heavy (non-hydrogen) atoms. The first-order valence-electron chi connectivity index (χ1n) is 9.55. The number of sulfonamides is 1. The maximum atomic E-state index is 12.2. The van der Waals surface area contributed by atoms with Crippen LogP contribution in [0.15, 0.2) is 35.7 Å². The van der Waals surface area contributed by atoms with Crippen LogP contribution in [0.3, 0.4) is 0 Å². The average Bonchev–Trinajstić information content (AvgIpc) is 3.19. The fourth-order valence-corrected chi connectivity index (χ4v) is 5.30. The van der Waals surface area contributed by atoms with Gasteiger partial charge in [0.25, 0.3) is 5.91 Å². The molecule has 0 atom stereocenters. The van der Waals surface area contributed by atoms with Gasteiger partial charge in [-0.1, -0.05) is 38.0 Å². The zero-order valence-corrected chi connectivity index (χ0v) is 18.4. The largest absolute Gasteiger partial charge is 0.269 e. The Kier molecular flexibility index (Phi) is 6.54. The first-order valence-corrected chi connectivity index (χ1v) is 12.1. The van der Waals surface area contributed by atoms with Crippen molar-refractivity contribution < 1.29 is 13.2 Å². The zero-order chi connectivity index (χ0) is 21.0. The topological polar surface area (TPSA) is 81.1 Å². The van der Waals surface area contributed by atoms with Crippen LogP contribution in [0.2, 0.25) is 0 Å². The summed E-state index contributed by atoms with van der Waals surface area (Å²) in [7, 11) is -1.75. The molecule has 0 spiro atoms. The number of carbonyl (C=O) groups is 1. The van der Waals surface area contributed by atoms with Crippen LogP contribution in [0.1, 0.15) is 37.4 Å². The summed E-state index contributed by atoms with van der Waals surface area (Å²) in [4.78, 5) is 12.2. The van der Waals surface area contributed by atoms with Crippen LogP contribution in [0.5, 0.6) is 0 Å². The smallest absolute Gasteiger partial charge is 0.257 e. The molecular weight excluding hydrogens is 406 g/mol. The fourth-order valence-electron chi connectivity index (χ4n) is 3.29. The van der Waals surface area contributed by atoms with Crippen LogP contribution in [0, 0.1) is 6.92 Å². The summed E-state index contributed by atoms with van der Waals surface area (Å²) in [6.07, 6.45) is 5.18. The summed E-state index contributed by atoms with van der Waals surface area (Å²) in [5.41, 5.74) is 3.51. The number of aryl methyl sites for hydroxylation is 2. The van der Waals surface area contributed by atoms with Gasteiger partial charge in [0.15, 0.2) is 0 Å². The van der Waals surface area contributed by atoms with E-state index in [2.05, 4.69) is 27.3 Å². The Morgan fingerprint density at radius 1 is 1.28 bits per heavy atom. The number of hydrogen-bond acceptors (Lipinski definition) is 5. The highest BCUT2D eigenvalue weighted by atomic mass is 32.2. The van der Waals surface area contributed by atoms with E-state index >= 15 is 0 Å². The van der Waals surface area contributed by atoms with Crippen molar-refractivity contribution in [2.75, 3.05) is 5.75 Å². The molecule has 0 unspecified atom stereocenters. The van der Waals surface area contributed by atoms with E-state index in [4.69, 9.17) is 0 Å². The van der Waals surface area contributed by atoms with Gasteiger partial charge in [-0.15, -0.1) is 11.3 Å². The third kappa shape index (κ3) is 4.94. The normalized spacial score (nSPS) is 12.1. The minimum absolute atomic E-state index is 0.0432. The van der Waals surface area contributed by atoms with Crippen molar-refractivity contribution in [2.24, 2.45) is 7.05 Å². The molecule has 0 radical (unpaired) electrons. The van der Waals surface area contributed by atoms with Crippen molar-refractivity contribution in [2.45, 2.75) is 33.1 Å². The summed E-state index contributed by atoms with van der Waals surface area (Å²) in [5, 5.41) is 7.70. The molecule has 6 nitrogen and oxygen atoms in total. The Labute approximate surface area is 175 Å². The molecule has 0 saturated heterocycles. The van der Waals surface area contributed by atoms with Crippen molar-refractivity contribution in [3.63, 3.8) is 0 Å². The SMILES string of the molecule is CCCCCS(=O)(=O)NC(=O)C=Cc1c(C)nn(C)c1-c1csc2ccccc12. The molecule has 0 fully saturated rings. The minimum Gasteiger partial charge on any atom is -0.269 e. The maximum Gasteiger partial charge on any atom is 0.257 e. The molecule has 0 aliphatic carbocycles. The van der Waals surface area contributed by atoms with Gasteiger partial charge in [-0.05, 0) is 25.5 Å². The molecule has 3 aromatic rings. The van der Waals surface area contributed by atoms with E-state index in [1.807, 2.05) is 33.0 Å². The first kappa shape index (κ1) is 21.3. The van der Waals surface area contributed by atoms with Crippen LogP contribution in [-0.2, 0) is 21.9 Å². The van der Waals surface area contributed by atoms with Crippen molar-refractivity contribution in [1.82, 2.24) is 14.5 Å². The van der Waals surface area contributed by atoms with Gasteiger partial charge in [0.1, 0.15) is 0 Å². The Morgan fingerprint density at radius 3 is 2.79 bits per heavy atom. The summed E-state index contributed by atoms with van der Waals surface area (Å²) in [6, 6.07) is 8.13. The third-order valence-electron chi connectivity index (χ3n) is 4.68. The van der Waals surface area contributed by atoms with E-state index in [-0.39, 0.29) is 5.75 Å². The molecule has 1 N–H and O–H groups in total. The summed E-state index contributed by atoms with van der Waals surface area (Å²) in [6.45, 7) is 3.87. The van der Waals surface area contributed by atoms with Crippen molar-refractivity contribution in [3.05, 3.63) is 47.0 Å². The van der Waals surface area contributed by atoms with Crippen LogP contribution in [0.25, 0.3) is 27.4 Å². The third-order valence-corrected chi connectivity index (χ3v) is 6.98. The number of fused-ring (bicyclic) bond motifs is 1. The van der Waals surface area contributed by atoms with Crippen molar-refractivity contribution in [3.8, 4) is 11.3 Å². The molecule has 154 valence electrons. The zero-order valence-electron chi connectivity index (χ0n) is 16.8. The van der Waals surface area contributed by atoms with Gasteiger partial charge in [0.2, 0.25) is 10.0 Å². The highest BCUT2D eigenvalue weighted by Gasteiger charge is 2.17. The molecule has 1 aromatic carbocycles. The number of benzene rings is 1. The molecule has 0 bridgehead atoms. The minimum atomic E-state index is -3.61. The Morgan fingerprint density at radius 2 is 2.03 bits per heavy atom. The number of thiophene rings is 1. The predicted octanol–water partition coefficient (Wildman–Crippen LogP) is 4.26. The average molecular weight is 432 g/mol. The lowest BCUT2D eigenvalue weighted by Gasteiger charge is -2.05. The highest BCUT2D eigenvalue weighted by Crippen LogP contribution is 2.36. The molecule has 2 aromatic heterocycles. The van der Waals surface area contributed by atoms with Gasteiger partial charge in [-0.3, -0.25) is 9.48 Å². The van der Waals surface area contributed by atoms with Gasteiger partial charge >= 0.3 is 0 Å². The monoisotopic (exact) mass is 431 g/mol. The maximum absolute atomic E-state index is 12.2. The lowest BCUT2D eigenvalue weighted by molar-refractivity contribution is -0.114. The quantitative estimate of drug-likeness (QED) is 0.427. The number of hydrogen-bond donors (Lipinski definition) is 1. The lowest BCUT2D eigenvalue weighted by atomic mass is 10.0. The van der Waals surface area contributed by atoms with Crippen LogP contribution >= 0.6 is 11.3 Å². The second-order valence-corrected chi connectivity index (χ2v) is 9.70. The number of aromatic nitrogens is 2. The van der Waals surface area contributed by atoms with Crippen molar-refractivity contribution >= 4 is 43.4 Å². The molecule has 0 aliphatic heterocycles. The molecule has 2 heterocycles. The Bertz CT molecular complexity index is 1160. The van der Waals surface area contributed by atoms with E-state index in [9.17, 15) is 13.2 Å². The molecule has 0 aliphatic rings. The molecule has 0 saturated carbocycles. The highest BCUT2D eigenvalue weighted by molar-refractivity contribution is 7.90. The fraction of sp³-hybridized carbons (Fsp3) is 0.333. The van der Waals surface area contributed by atoms with E-state index in [1.54, 1.807) is 22.1 Å². The van der Waals surface area contributed by atoms with Gasteiger partial charge < -0.3 is 0 Å². The van der Waals surface area contributed by atoms with Gasteiger partial charge in [0.05, 0.1) is 17.1 Å². The predicted molar refractivity (Wildman–Crippen MR) is 119 cm³/mol. The molecule has 1 amide bonds. The van der Waals surface area contributed by atoms with Crippen LogP contribution in [-0.4, -0.2) is 29.9 Å². The number of nitrogens with one attached hydrogen (secondary N) is 1. The number of unbranched alkanes of at least 4 members (excludes halogenated alkanes) is 2. The molecule has 3 rings (SSSR count). The van der Waals surface area contributed by atoms with Gasteiger partial charge in [-0.25, -0.2) is 13.1 Å². The van der Waals surface area contributed by atoms with E-state index in [0.29, 0.717) is 6.42 Å². The number of carbonyl (C=O) groups excluding carboxylic acids is 1. The van der Waals surface area contributed by atoms with Gasteiger partial charge in [0, 0.05) is 39.7 Å². The second-order valence-electron chi connectivity index (χ2n) is 6.94. The van der Waals surface area contributed by atoms with Crippen molar-refractivity contribution in [1.29, 1.82) is 0 Å². The standard InChI is InChI=1S/C21H25N3O3S2/c1-4-5-8-13-29(26,27)23-20(25)12-11-16-15(2)22-24(3)21(16)18-14-28-19-10-7-6-9-17(18)19/h6-7,9-12,14H,4-5,8,13H2,1-3H3,(H,23,25). The number of nitrogens with zero attached hydrogens (tertiary/aromatic N) is 2. The summed E-state index contributed by atoms with van der Waals surface area (Å²) >= 11 is 1.65. The molecule has 8 heteroatoms. The Balaban J connectivity index is 1.86. The second kappa shape index (κ2) is 8.92. The van der Waals surface area contributed by atoms with Gasteiger partial charge in [-0.2, -0.15) is 5.10 Å². The summed E-state index contributed by atoms with van der Waals surface area (Å²) in [5.74, 6) is -0.691. The van der Waals surface area contributed by atoms with Crippen LogP contribution in [0.4, 0.5) is 0 Å². The Hall–Kier alpha value is -2.45. The van der Waals surface area contributed by atoms with E-state index in [1.165, 1.54) is 10.8 Å². The van der Waals surface area contributed by atoms with Crippen LogP contribution < -0.4 is 4.72 Å². The summed E-state index contributed by atoms with van der Waals surface area (Å²) < 4.78 is 29.1. The van der Waals surface area contributed by atoms with E-state index < -0.39 is 15.9 Å². The number of rotatable bonds is 8. The first-order chi connectivity index (χ1) is 13.8.